The quantitative estimate of drug-likeness (QED) is 0.180. The van der Waals surface area contributed by atoms with Crippen molar-refractivity contribution in [2.24, 2.45) is 0 Å². The Morgan fingerprint density at radius 1 is 0.417 bits per heavy atom. The molecule has 1 aliphatic heterocycles. The van der Waals surface area contributed by atoms with Crippen LogP contribution in [0.25, 0.3) is 61.1 Å². The van der Waals surface area contributed by atoms with Crippen LogP contribution in [0.3, 0.4) is 0 Å². The molecule has 6 heteroatoms. The van der Waals surface area contributed by atoms with Gasteiger partial charge in [-0.3, -0.25) is 19.6 Å². The van der Waals surface area contributed by atoms with Crippen molar-refractivity contribution in [3.63, 3.8) is 0 Å². The summed E-state index contributed by atoms with van der Waals surface area (Å²) in [4.78, 5) is 39.8. The molecule has 0 radical (unpaired) electrons. The van der Waals surface area contributed by atoms with Crippen LogP contribution in [0.4, 0.5) is 5.69 Å². The van der Waals surface area contributed by atoms with Gasteiger partial charge in [0, 0.05) is 39.9 Å². The zero-order valence-electron chi connectivity index (χ0n) is 25.6. The van der Waals surface area contributed by atoms with E-state index in [1.54, 1.807) is 18.5 Å². The number of pyridine rings is 2. The number of rotatable bonds is 5. The van der Waals surface area contributed by atoms with Crippen molar-refractivity contribution in [2.45, 2.75) is 0 Å². The summed E-state index contributed by atoms with van der Waals surface area (Å²) in [6, 6.07) is 47.0. The van der Waals surface area contributed by atoms with Gasteiger partial charge in [0.25, 0.3) is 11.8 Å². The molecule has 1 aliphatic rings. The summed E-state index contributed by atoms with van der Waals surface area (Å²) in [6.07, 6.45) is 3.57. The standard InChI is InChI=1S/C42H26N4O2/c47-41-33-20-12-24-37(38(33)42(48)46(41)36-23-5-4-15-28(36)27-13-2-1-3-14-27)45-39-29(16-10-18-31(39)34-21-6-8-25-43-34)30-17-11-19-32(40(30)45)35-22-7-9-26-44-35/h1-26H. The highest BCUT2D eigenvalue weighted by Crippen LogP contribution is 2.44. The van der Waals surface area contributed by atoms with E-state index >= 15 is 0 Å². The Morgan fingerprint density at radius 2 is 0.938 bits per heavy atom. The number of benzene rings is 5. The van der Waals surface area contributed by atoms with Crippen LogP contribution in [0.2, 0.25) is 0 Å². The summed E-state index contributed by atoms with van der Waals surface area (Å²) in [7, 11) is 0. The topological polar surface area (TPSA) is 68.1 Å². The Kier molecular flexibility index (Phi) is 6.33. The van der Waals surface area contributed by atoms with Gasteiger partial charge in [-0.1, -0.05) is 103 Å². The fourth-order valence-corrected chi connectivity index (χ4v) is 7.02. The fourth-order valence-electron chi connectivity index (χ4n) is 7.02. The van der Waals surface area contributed by atoms with Gasteiger partial charge in [0.2, 0.25) is 0 Å². The Morgan fingerprint density at radius 3 is 1.56 bits per heavy atom. The third-order valence-electron chi connectivity index (χ3n) is 9.05. The maximum absolute atomic E-state index is 14.8. The molecule has 0 aliphatic carbocycles. The smallest absolute Gasteiger partial charge is 0.268 e. The molecule has 3 aromatic heterocycles. The molecule has 0 atom stereocenters. The highest BCUT2D eigenvalue weighted by Gasteiger charge is 2.40. The molecule has 0 N–H and O–H groups in total. The first kappa shape index (κ1) is 27.6. The van der Waals surface area contributed by atoms with E-state index in [1.807, 2.05) is 115 Å². The van der Waals surface area contributed by atoms with Crippen LogP contribution in [0, 0.1) is 0 Å². The molecule has 0 spiro atoms. The molecule has 226 valence electrons. The van der Waals surface area contributed by atoms with E-state index in [4.69, 9.17) is 9.97 Å². The van der Waals surface area contributed by atoms with Gasteiger partial charge < -0.3 is 4.57 Å². The molecule has 8 aromatic rings. The van der Waals surface area contributed by atoms with E-state index in [9.17, 15) is 9.59 Å². The minimum Gasteiger partial charge on any atom is -0.307 e. The minimum absolute atomic E-state index is 0.351. The molecular weight excluding hydrogens is 592 g/mol. The molecule has 6 nitrogen and oxygen atoms in total. The maximum atomic E-state index is 14.8. The maximum Gasteiger partial charge on any atom is 0.268 e. The lowest BCUT2D eigenvalue weighted by molar-refractivity contribution is 0.0926. The van der Waals surface area contributed by atoms with Crippen molar-refractivity contribution in [1.29, 1.82) is 0 Å². The van der Waals surface area contributed by atoms with Crippen LogP contribution in [-0.4, -0.2) is 26.3 Å². The van der Waals surface area contributed by atoms with Crippen molar-refractivity contribution in [3.8, 4) is 39.3 Å². The summed E-state index contributed by atoms with van der Waals surface area (Å²) in [6.45, 7) is 0. The second kappa shape index (κ2) is 11.0. The first-order chi connectivity index (χ1) is 23.7. The third kappa shape index (κ3) is 4.13. The SMILES string of the molecule is O=C1c2cccc(-n3c4c(-c5ccccn5)cccc4c4cccc(-c5ccccn5)c43)c2C(=O)N1c1ccccc1-c1ccccc1. The van der Waals surface area contributed by atoms with Crippen molar-refractivity contribution in [1.82, 2.24) is 14.5 Å². The number of fused-ring (bicyclic) bond motifs is 4. The van der Waals surface area contributed by atoms with E-state index in [1.165, 1.54) is 4.90 Å². The van der Waals surface area contributed by atoms with Crippen LogP contribution < -0.4 is 4.90 Å². The fraction of sp³-hybridized carbons (Fsp3) is 0. The molecule has 0 unspecified atom stereocenters. The first-order valence-corrected chi connectivity index (χ1v) is 15.8. The number of nitrogens with zero attached hydrogens (tertiary/aromatic N) is 4. The van der Waals surface area contributed by atoms with Crippen LogP contribution in [-0.2, 0) is 0 Å². The van der Waals surface area contributed by atoms with Gasteiger partial charge in [0.05, 0.1) is 44.9 Å². The number of hydrogen-bond donors (Lipinski definition) is 0. The Labute approximate surface area is 276 Å². The molecule has 9 rings (SSSR count). The number of anilines is 1. The number of carbonyl (C=O) groups is 2. The lowest BCUT2D eigenvalue weighted by atomic mass is 10.0. The predicted octanol–water partition coefficient (Wildman–Crippen LogP) is 9.38. The third-order valence-corrected chi connectivity index (χ3v) is 9.05. The zero-order chi connectivity index (χ0) is 32.2. The second-order valence-corrected chi connectivity index (χ2v) is 11.7. The number of imide groups is 1. The summed E-state index contributed by atoms with van der Waals surface area (Å²) < 4.78 is 2.13. The largest absolute Gasteiger partial charge is 0.307 e. The number of para-hydroxylation sites is 3. The average Bonchev–Trinajstić information content (AvgIpc) is 3.63. The molecule has 5 aromatic carbocycles. The molecule has 0 fully saturated rings. The molecule has 0 bridgehead atoms. The average molecular weight is 619 g/mol. The first-order valence-electron chi connectivity index (χ1n) is 15.8. The van der Waals surface area contributed by atoms with E-state index in [0.717, 1.165) is 55.4 Å². The lowest BCUT2D eigenvalue weighted by Crippen LogP contribution is -2.30. The highest BCUT2D eigenvalue weighted by atomic mass is 16.2. The molecular formula is C42H26N4O2. The number of amides is 2. The number of aromatic nitrogens is 3. The monoisotopic (exact) mass is 618 g/mol. The molecule has 0 saturated heterocycles. The second-order valence-electron chi connectivity index (χ2n) is 11.7. The van der Waals surface area contributed by atoms with Crippen LogP contribution in [0.15, 0.2) is 158 Å². The predicted molar refractivity (Wildman–Crippen MR) is 190 cm³/mol. The van der Waals surface area contributed by atoms with E-state index in [2.05, 4.69) is 28.8 Å². The molecule has 0 saturated carbocycles. The van der Waals surface area contributed by atoms with Crippen LogP contribution in [0.1, 0.15) is 20.7 Å². The zero-order valence-corrected chi connectivity index (χ0v) is 25.6. The minimum atomic E-state index is -0.366. The van der Waals surface area contributed by atoms with Crippen molar-refractivity contribution in [3.05, 3.63) is 169 Å². The van der Waals surface area contributed by atoms with Gasteiger partial charge in [-0.05, 0) is 48.0 Å². The van der Waals surface area contributed by atoms with Gasteiger partial charge in [0.15, 0.2) is 0 Å². The molecule has 4 heterocycles. The summed E-state index contributed by atoms with van der Waals surface area (Å²) in [5.74, 6) is -0.717. The number of carbonyl (C=O) groups excluding carboxylic acids is 2. The van der Waals surface area contributed by atoms with E-state index in [-0.39, 0.29) is 11.8 Å². The Hall–Kier alpha value is -6.66. The Bertz CT molecular complexity index is 2440. The van der Waals surface area contributed by atoms with Crippen molar-refractivity contribution in [2.75, 3.05) is 4.90 Å². The van der Waals surface area contributed by atoms with Crippen molar-refractivity contribution >= 4 is 39.3 Å². The molecule has 48 heavy (non-hydrogen) atoms. The Balaban J connectivity index is 1.36. The number of hydrogen-bond acceptors (Lipinski definition) is 4. The van der Waals surface area contributed by atoms with Crippen molar-refractivity contribution < 1.29 is 9.59 Å². The van der Waals surface area contributed by atoms with Crippen LogP contribution >= 0.6 is 0 Å². The van der Waals surface area contributed by atoms with E-state index in [0.29, 0.717) is 22.5 Å². The highest BCUT2D eigenvalue weighted by molar-refractivity contribution is 6.36. The van der Waals surface area contributed by atoms with Gasteiger partial charge in [-0.2, -0.15) is 0 Å². The van der Waals surface area contributed by atoms with Gasteiger partial charge in [-0.15, -0.1) is 0 Å². The summed E-state index contributed by atoms with van der Waals surface area (Å²) >= 11 is 0. The van der Waals surface area contributed by atoms with E-state index < -0.39 is 0 Å². The van der Waals surface area contributed by atoms with Crippen LogP contribution in [0.5, 0.6) is 0 Å². The van der Waals surface area contributed by atoms with Gasteiger partial charge in [-0.25, -0.2) is 4.90 Å². The lowest BCUT2D eigenvalue weighted by Gasteiger charge is -2.19. The summed E-state index contributed by atoms with van der Waals surface area (Å²) in [5, 5.41) is 2.01. The van der Waals surface area contributed by atoms with Gasteiger partial charge >= 0.3 is 0 Å². The molecule has 2 amide bonds. The normalized spacial score (nSPS) is 12.6. The summed E-state index contributed by atoms with van der Waals surface area (Å²) in [5.41, 5.74) is 8.85. The van der Waals surface area contributed by atoms with Gasteiger partial charge in [0.1, 0.15) is 0 Å².